The molecule has 0 spiro atoms. The molecule has 0 bridgehead atoms. The zero-order chi connectivity index (χ0) is 16.2. The SMILES string of the molecule is CC.COCCCOCCOCCOCCOCC(N)=O. The van der Waals surface area contributed by atoms with Crippen LogP contribution in [0, 0.1) is 0 Å². The molecule has 0 rings (SSSR count). The molecule has 0 aromatic heterocycles. The van der Waals surface area contributed by atoms with Gasteiger partial charge in [0.2, 0.25) is 5.91 Å². The molecule has 0 aliphatic rings. The Morgan fingerprint density at radius 1 is 0.762 bits per heavy atom. The van der Waals surface area contributed by atoms with Crippen molar-refractivity contribution in [3.8, 4) is 0 Å². The van der Waals surface area contributed by atoms with E-state index in [2.05, 4.69) is 0 Å². The number of hydrogen-bond acceptors (Lipinski definition) is 6. The maximum absolute atomic E-state index is 10.3. The molecule has 0 aliphatic carbocycles. The first-order valence-corrected chi connectivity index (χ1v) is 7.35. The van der Waals surface area contributed by atoms with Gasteiger partial charge in [0.25, 0.3) is 0 Å². The summed E-state index contributed by atoms with van der Waals surface area (Å²) in [4.78, 5) is 10.3. The Hall–Kier alpha value is -0.730. The Kier molecular flexibility index (Phi) is 23.2. The maximum Gasteiger partial charge on any atom is 0.243 e. The number of carbonyl (C=O) groups excluding carboxylic acids is 1. The average Bonchev–Trinajstić information content (AvgIpc) is 2.49. The average molecular weight is 309 g/mol. The first kappa shape index (κ1) is 22.5. The van der Waals surface area contributed by atoms with Crippen molar-refractivity contribution in [1.82, 2.24) is 0 Å². The highest BCUT2D eigenvalue weighted by atomic mass is 16.6. The predicted octanol–water partition coefficient (Wildman–Crippen LogP) is 0.601. The highest BCUT2D eigenvalue weighted by Crippen LogP contribution is 1.85. The van der Waals surface area contributed by atoms with Crippen LogP contribution in [0.1, 0.15) is 20.3 Å². The van der Waals surface area contributed by atoms with Crippen LogP contribution in [-0.4, -0.2) is 72.5 Å². The van der Waals surface area contributed by atoms with Crippen molar-refractivity contribution in [3.05, 3.63) is 0 Å². The van der Waals surface area contributed by atoms with E-state index in [9.17, 15) is 4.79 Å². The summed E-state index contributed by atoms with van der Waals surface area (Å²) in [6, 6.07) is 0. The number of methoxy groups -OCH3 is 1. The fourth-order valence-corrected chi connectivity index (χ4v) is 1.14. The van der Waals surface area contributed by atoms with Crippen LogP contribution >= 0.6 is 0 Å². The molecule has 0 fully saturated rings. The Morgan fingerprint density at radius 2 is 1.19 bits per heavy atom. The summed E-state index contributed by atoms with van der Waals surface area (Å²) in [5.41, 5.74) is 4.90. The highest BCUT2D eigenvalue weighted by Gasteiger charge is 1.94. The molecule has 1 amide bonds. The summed E-state index contributed by atoms with van der Waals surface area (Å²) >= 11 is 0. The molecule has 0 saturated carbocycles. The minimum Gasteiger partial charge on any atom is -0.385 e. The van der Waals surface area contributed by atoms with E-state index in [1.54, 1.807) is 7.11 Å². The summed E-state index contributed by atoms with van der Waals surface area (Å²) in [5.74, 6) is -0.478. The molecule has 0 aliphatic heterocycles. The number of rotatable bonds is 15. The smallest absolute Gasteiger partial charge is 0.243 e. The molecule has 0 radical (unpaired) electrons. The van der Waals surface area contributed by atoms with Crippen LogP contribution in [0.15, 0.2) is 0 Å². The normalized spacial score (nSPS) is 10.0. The van der Waals surface area contributed by atoms with Gasteiger partial charge in [-0.15, -0.1) is 0 Å². The minimum atomic E-state index is -0.478. The van der Waals surface area contributed by atoms with Gasteiger partial charge in [0.1, 0.15) is 6.61 Å². The van der Waals surface area contributed by atoms with Crippen LogP contribution in [0.2, 0.25) is 0 Å². The first-order chi connectivity index (χ1) is 10.3. The molecular formula is C14H31NO6. The molecule has 21 heavy (non-hydrogen) atoms. The van der Waals surface area contributed by atoms with E-state index in [-0.39, 0.29) is 6.61 Å². The quantitative estimate of drug-likeness (QED) is 0.446. The lowest BCUT2D eigenvalue weighted by molar-refractivity contribution is -0.123. The van der Waals surface area contributed by atoms with Gasteiger partial charge in [0, 0.05) is 20.3 Å². The van der Waals surface area contributed by atoms with Gasteiger partial charge >= 0.3 is 0 Å². The maximum atomic E-state index is 10.3. The van der Waals surface area contributed by atoms with Crippen molar-refractivity contribution in [2.24, 2.45) is 5.73 Å². The fraction of sp³-hybridized carbons (Fsp3) is 0.929. The summed E-state index contributed by atoms with van der Waals surface area (Å²) < 4.78 is 25.6. The van der Waals surface area contributed by atoms with Crippen molar-refractivity contribution < 1.29 is 28.5 Å². The molecule has 0 aromatic carbocycles. The first-order valence-electron chi connectivity index (χ1n) is 7.35. The van der Waals surface area contributed by atoms with Gasteiger partial charge in [-0.3, -0.25) is 4.79 Å². The van der Waals surface area contributed by atoms with Crippen molar-refractivity contribution >= 4 is 5.91 Å². The van der Waals surface area contributed by atoms with E-state index in [0.717, 1.165) is 6.42 Å². The Morgan fingerprint density at radius 3 is 1.62 bits per heavy atom. The molecule has 0 atom stereocenters. The van der Waals surface area contributed by atoms with Gasteiger partial charge in [-0.05, 0) is 6.42 Å². The summed E-state index contributed by atoms with van der Waals surface area (Å²) in [7, 11) is 1.67. The number of hydrogen-bond donors (Lipinski definition) is 1. The molecule has 7 nitrogen and oxygen atoms in total. The van der Waals surface area contributed by atoms with Crippen molar-refractivity contribution in [1.29, 1.82) is 0 Å². The highest BCUT2D eigenvalue weighted by molar-refractivity contribution is 5.74. The molecule has 7 heteroatoms. The third-order valence-electron chi connectivity index (χ3n) is 2.00. The van der Waals surface area contributed by atoms with E-state index in [1.807, 2.05) is 13.8 Å². The van der Waals surface area contributed by atoms with Crippen molar-refractivity contribution in [2.45, 2.75) is 20.3 Å². The van der Waals surface area contributed by atoms with Crippen molar-refractivity contribution in [3.63, 3.8) is 0 Å². The molecule has 0 saturated heterocycles. The van der Waals surface area contributed by atoms with Gasteiger partial charge in [-0.2, -0.15) is 0 Å². The Labute approximate surface area is 128 Å². The fourth-order valence-electron chi connectivity index (χ4n) is 1.14. The lowest BCUT2D eigenvalue weighted by Crippen LogP contribution is -2.20. The van der Waals surface area contributed by atoms with E-state index >= 15 is 0 Å². The van der Waals surface area contributed by atoms with Crippen LogP contribution in [0.25, 0.3) is 0 Å². The Bertz CT molecular complexity index is 204. The van der Waals surface area contributed by atoms with E-state index in [1.165, 1.54) is 0 Å². The second-order valence-corrected chi connectivity index (χ2v) is 3.70. The number of ether oxygens (including phenoxy) is 5. The third kappa shape index (κ3) is 24.6. The van der Waals surface area contributed by atoms with E-state index in [4.69, 9.17) is 29.4 Å². The van der Waals surface area contributed by atoms with Crippen LogP contribution in [0.3, 0.4) is 0 Å². The third-order valence-corrected chi connectivity index (χ3v) is 2.00. The van der Waals surface area contributed by atoms with Crippen molar-refractivity contribution in [2.75, 3.05) is 66.6 Å². The summed E-state index contributed by atoms with van der Waals surface area (Å²) in [6.07, 6.45) is 0.894. The standard InChI is InChI=1S/C12H25NO6.C2H6/c1-15-3-2-4-16-5-6-17-7-8-18-9-10-19-11-12(13)14;1-2/h2-11H2,1H3,(H2,13,14);1-2H3. The largest absolute Gasteiger partial charge is 0.385 e. The second-order valence-electron chi connectivity index (χ2n) is 3.70. The van der Waals surface area contributed by atoms with Gasteiger partial charge in [-0.25, -0.2) is 0 Å². The Balaban J connectivity index is 0. The molecular weight excluding hydrogens is 278 g/mol. The van der Waals surface area contributed by atoms with Crippen LogP contribution in [0.4, 0.5) is 0 Å². The van der Waals surface area contributed by atoms with Gasteiger partial charge < -0.3 is 29.4 Å². The van der Waals surface area contributed by atoms with Gasteiger partial charge in [0.15, 0.2) is 0 Å². The molecule has 0 unspecified atom stereocenters. The van der Waals surface area contributed by atoms with Gasteiger partial charge in [-0.1, -0.05) is 13.8 Å². The lowest BCUT2D eigenvalue weighted by atomic mass is 10.5. The lowest BCUT2D eigenvalue weighted by Gasteiger charge is -2.06. The summed E-state index contributed by atoms with van der Waals surface area (Å²) in [5, 5.41) is 0. The topological polar surface area (TPSA) is 89.2 Å². The number of carbonyl (C=O) groups is 1. The van der Waals surface area contributed by atoms with Crippen LogP contribution in [0.5, 0.6) is 0 Å². The zero-order valence-corrected chi connectivity index (χ0v) is 13.6. The molecule has 0 aromatic rings. The van der Waals surface area contributed by atoms with Crippen LogP contribution in [-0.2, 0) is 28.5 Å². The number of amides is 1. The summed E-state index contributed by atoms with van der Waals surface area (Å²) in [6.45, 7) is 8.23. The van der Waals surface area contributed by atoms with E-state index in [0.29, 0.717) is 52.9 Å². The van der Waals surface area contributed by atoms with Gasteiger partial charge in [0.05, 0.1) is 39.6 Å². The molecule has 0 heterocycles. The molecule has 2 N–H and O–H groups in total. The monoisotopic (exact) mass is 309 g/mol. The van der Waals surface area contributed by atoms with Crippen LogP contribution < -0.4 is 5.73 Å². The second kappa shape index (κ2) is 21.6. The number of nitrogens with two attached hydrogens (primary N) is 1. The number of primary amides is 1. The zero-order valence-electron chi connectivity index (χ0n) is 13.6. The predicted molar refractivity (Wildman–Crippen MR) is 80.3 cm³/mol. The molecule has 128 valence electrons. The van der Waals surface area contributed by atoms with E-state index < -0.39 is 5.91 Å². The minimum absolute atomic E-state index is 0.0692.